The van der Waals surface area contributed by atoms with E-state index in [2.05, 4.69) is 9.97 Å². The number of amides is 1. The monoisotopic (exact) mass is 390 g/mol. The molecule has 148 valence electrons. The number of para-hydroxylation sites is 1. The summed E-state index contributed by atoms with van der Waals surface area (Å²) in [6.07, 6.45) is 1.45. The van der Waals surface area contributed by atoms with E-state index in [0.29, 0.717) is 35.3 Å². The zero-order chi connectivity index (χ0) is 20.4. The number of carbonyl (C=O) groups excluding carboxylic acids is 2. The van der Waals surface area contributed by atoms with E-state index in [4.69, 9.17) is 0 Å². The Labute approximate surface area is 168 Å². The summed E-state index contributed by atoms with van der Waals surface area (Å²) in [6, 6.07) is 14.3. The van der Waals surface area contributed by atoms with E-state index >= 15 is 0 Å². The number of fused-ring (bicyclic) bond motifs is 1. The van der Waals surface area contributed by atoms with E-state index in [1.807, 2.05) is 30.1 Å². The molecule has 29 heavy (non-hydrogen) atoms. The van der Waals surface area contributed by atoms with Crippen molar-refractivity contribution in [3.63, 3.8) is 0 Å². The molecule has 0 radical (unpaired) electrons. The van der Waals surface area contributed by atoms with E-state index in [-0.39, 0.29) is 23.8 Å². The van der Waals surface area contributed by atoms with Crippen molar-refractivity contribution in [3.8, 4) is 0 Å². The number of nitrogens with one attached hydrogen (secondary N) is 1. The van der Waals surface area contributed by atoms with Crippen LogP contribution in [-0.2, 0) is 11.3 Å². The van der Waals surface area contributed by atoms with Crippen molar-refractivity contribution in [2.75, 3.05) is 25.0 Å². The number of carbonyl (C=O) groups is 2. The number of aromatic amines is 1. The van der Waals surface area contributed by atoms with Crippen LogP contribution in [0.15, 0.2) is 53.3 Å². The second-order valence-electron chi connectivity index (χ2n) is 7.32. The molecule has 7 heteroatoms. The summed E-state index contributed by atoms with van der Waals surface area (Å²) in [5, 5.41) is 0.548. The van der Waals surface area contributed by atoms with Gasteiger partial charge in [0.25, 0.3) is 5.56 Å². The van der Waals surface area contributed by atoms with Crippen LogP contribution in [0, 0.1) is 0 Å². The lowest BCUT2D eigenvalue weighted by atomic mass is 10.1. The Hall–Kier alpha value is -3.32. The molecule has 1 amide bonds. The van der Waals surface area contributed by atoms with E-state index in [0.717, 1.165) is 18.7 Å². The van der Waals surface area contributed by atoms with Crippen LogP contribution in [-0.4, -0.2) is 46.7 Å². The third-order valence-electron chi connectivity index (χ3n) is 5.07. The molecule has 1 fully saturated rings. The molecule has 0 saturated carbocycles. The third kappa shape index (κ3) is 4.09. The second kappa shape index (κ2) is 7.97. The third-order valence-corrected chi connectivity index (χ3v) is 5.07. The highest BCUT2D eigenvalue weighted by Crippen LogP contribution is 2.21. The maximum absolute atomic E-state index is 12.6. The Balaban J connectivity index is 1.42. The average molecular weight is 390 g/mol. The summed E-state index contributed by atoms with van der Waals surface area (Å²) in [5.74, 6) is 0.613. The van der Waals surface area contributed by atoms with Crippen LogP contribution < -0.4 is 10.5 Å². The fourth-order valence-corrected chi connectivity index (χ4v) is 3.61. The van der Waals surface area contributed by atoms with Crippen molar-refractivity contribution < 1.29 is 9.59 Å². The van der Waals surface area contributed by atoms with Crippen molar-refractivity contribution in [2.24, 2.45) is 0 Å². The molecule has 2 aromatic carbocycles. The smallest absolute Gasteiger partial charge is 0.258 e. The molecule has 0 bridgehead atoms. The number of benzene rings is 2. The Morgan fingerprint density at radius 3 is 2.62 bits per heavy atom. The predicted octanol–water partition coefficient (Wildman–Crippen LogP) is 2.36. The van der Waals surface area contributed by atoms with Crippen LogP contribution in [0.5, 0.6) is 0 Å². The molecule has 1 aromatic heterocycles. The highest BCUT2D eigenvalue weighted by molar-refractivity contribution is 5.99. The topological polar surface area (TPSA) is 86.4 Å². The van der Waals surface area contributed by atoms with Gasteiger partial charge in [0.1, 0.15) is 5.82 Å². The highest BCUT2D eigenvalue weighted by atomic mass is 16.2. The van der Waals surface area contributed by atoms with E-state index in [1.54, 1.807) is 35.2 Å². The van der Waals surface area contributed by atoms with Gasteiger partial charge in [-0.1, -0.05) is 12.1 Å². The van der Waals surface area contributed by atoms with E-state index in [9.17, 15) is 14.4 Å². The molecule has 1 saturated heterocycles. The molecule has 0 unspecified atom stereocenters. The molecule has 2 heterocycles. The first-order valence-electron chi connectivity index (χ1n) is 9.61. The maximum atomic E-state index is 12.6. The van der Waals surface area contributed by atoms with Crippen molar-refractivity contribution in [1.29, 1.82) is 0 Å². The Morgan fingerprint density at radius 2 is 1.90 bits per heavy atom. The molecular formula is C22H22N4O3. The minimum absolute atomic E-state index is 0.0325. The summed E-state index contributed by atoms with van der Waals surface area (Å²) in [7, 11) is 1.81. The van der Waals surface area contributed by atoms with Gasteiger partial charge in [0.05, 0.1) is 24.0 Å². The molecule has 0 atom stereocenters. The van der Waals surface area contributed by atoms with E-state index in [1.165, 1.54) is 0 Å². The van der Waals surface area contributed by atoms with Gasteiger partial charge in [-0.05, 0) is 49.9 Å². The van der Waals surface area contributed by atoms with Gasteiger partial charge < -0.3 is 9.88 Å². The van der Waals surface area contributed by atoms with Crippen LogP contribution in [0.4, 0.5) is 5.69 Å². The summed E-state index contributed by atoms with van der Waals surface area (Å²) in [4.78, 5) is 47.4. The largest absolute Gasteiger partial charge is 0.312 e. The lowest BCUT2D eigenvalue weighted by Crippen LogP contribution is -2.28. The summed E-state index contributed by atoms with van der Waals surface area (Å²) in [5.41, 5.74) is 1.87. The van der Waals surface area contributed by atoms with Gasteiger partial charge in [-0.25, -0.2) is 4.98 Å². The molecular weight excluding hydrogens is 368 g/mol. The number of hydrogen-bond acceptors (Lipinski definition) is 5. The quantitative estimate of drug-likeness (QED) is 0.653. The number of likely N-dealkylation sites (N-methyl/N-ethyl adjacent to an activating group) is 1. The number of Topliss-reactive ketones (excluding diaryl/α,β-unsaturated/α-hetero) is 1. The van der Waals surface area contributed by atoms with Gasteiger partial charge in [0.15, 0.2) is 5.78 Å². The average Bonchev–Trinajstić information content (AvgIpc) is 3.14. The van der Waals surface area contributed by atoms with Crippen LogP contribution in [0.2, 0.25) is 0 Å². The lowest BCUT2D eigenvalue weighted by Gasteiger charge is -2.17. The molecule has 1 aliphatic heterocycles. The minimum atomic E-state index is -0.183. The normalized spacial score (nSPS) is 14.1. The van der Waals surface area contributed by atoms with Gasteiger partial charge in [-0.3, -0.25) is 19.3 Å². The van der Waals surface area contributed by atoms with Crippen LogP contribution in [0.1, 0.15) is 29.0 Å². The molecule has 0 spiro atoms. The SMILES string of the molecule is CN(CC(=O)c1ccc(N2CCCC2=O)cc1)Cc1nc2ccccc2c(=O)[nH]1. The molecule has 7 nitrogen and oxygen atoms in total. The maximum Gasteiger partial charge on any atom is 0.258 e. The van der Waals surface area contributed by atoms with Crippen LogP contribution in [0.3, 0.4) is 0 Å². The fourth-order valence-electron chi connectivity index (χ4n) is 3.61. The number of rotatable bonds is 6. The van der Waals surface area contributed by atoms with E-state index < -0.39 is 0 Å². The number of aromatic nitrogens is 2. The first-order valence-corrected chi connectivity index (χ1v) is 9.61. The van der Waals surface area contributed by atoms with Gasteiger partial charge in [0, 0.05) is 24.2 Å². The molecule has 4 rings (SSSR count). The minimum Gasteiger partial charge on any atom is -0.312 e. The Morgan fingerprint density at radius 1 is 1.14 bits per heavy atom. The highest BCUT2D eigenvalue weighted by Gasteiger charge is 2.21. The van der Waals surface area contributed by atoms with Crippen molar-refractivity contribution in [1.82, 2.24) is 14.9 Å². The van der Waals surface area contributed by atoms with Gasteiger partial charge in [0.2, 0.25) is 5.91 Å². The van der Waals surface area contributed by atoms with Gasteiger partial charge in [-0.2, -0.15) is 0 Å². The van der Waals surface area contributed by atoms with Gasteiger partial charge in [-0.15, -0.1) is 0 Å². The number of nitrogens with zero attached hydrogens (tertiary/aromatic N) is 3. The van der Waals surface area contributed by atoms with Gasteiger partial charge >= 0.3 is 0 Å². The first-order chi connectivity index (χ1) is 14.0. The number of hydrogen-bond donors (Lipinski definition) is 1. The standard InChI is InChI=1S/C22H22N4O3/c1-25(14-20-23-18-6-3-2-5-17(18)22(29)24-20)13-19(27)15-8-10-16(11-9-15)26-12-4-7-21(26)28/h2-3,5-6,8-11H,4,7,12-14H2,1H3,(H,23,24,29). The number of H-pyrrole nitrogens is 1. The summed E-state index contributed by atoms with van der Waals surface area (Å²) < 4.78 is 0. The molecule has 3 aromatic rings. The van der Waals surface area contributed by atoms with Crippen LogP contribution >= 0.6 is 0 Å². The zero-order valence-corrected chi connectivity index (χ0v) is 16.2. The Kier molecular flexibility index (Phi) is 5.22. The second-order valence-corrected chi connectivity index (χ2v) is 7.32. The summed E-state index contributed by atoms with van der Waals surface area (Å²) >= 11 is 0. The lowest BCUT2D eigenvalue weighted by molar-refractivity contribution is -0.117. The Bertz CT molecular complexity index is 1120. The van der Waals surface area contributed by atoms with Crippen molar-refractivity contribution >= 4 is 28.3 Å². The molecule has 1 aliphatic rings. The molecule has 0 aliphatic carbocycles. The van der Waals surface area contributed by atoms with Crippen molar-refractivity contribution in [3.05, 3.63) is 70.3 Å². The zero-order valence-electron chi connectivity index (χ0n) is 16.2. The first kappa shape index (κ1) is 19.0. The number of ketones is 1. The number of anilines is 1. The molecule has 1 N–H and O–H groups in total. The fraction of sp³-hybridized carbons (Fsp3) is 0.273. The van der Waals surface area contributed by atoms with Crippen molar-refractivity contribution in [2.45, 2.75) is 19.4 Å². The van der Waals surface area contributed by atoms with Crippen LogP contribution in [0.25, 0.3) is 10.9 Å². The predicted molar refractivity (Wildman–Crippen MR) is 111 cm³/mol. The summed E-state index contributed by atoms with van der Waals surface area (Å²) in [6.45, 7) is 1.27.